The first-order valence-electron chi connectivity index (χ1n) is 6.60. The van der Waals surface area contributed by atoms with Crippen LogP contribution in [0.1, 0.15) is 31.9 Å². The average Bonchev–Trinajstić information content (AvgIpc) is 2.39. The van der Waals surface area contributed by atoms with Crippen LogP contribution in [0, 0.1) is 0 Å². The van der Waals surface area contributed by atoms with Gasteiger partial charge in [-0.2, -0.15) is 0 Å². The van der Waals surface area contributed by atoms with Gasteiger partial charge in [0, 0.05) is 0 Å². The van der Waals surface area contributed by atoms with Crippen molar-refractivity contribution in [3.63, 3.8) is 0 Å². The molecule has 1 nitrogen and oxygen atoms in total. The highest BCUT2D eigenvalue weighted by Gasteiger charge is 2.14. The van der Waals surface area contributed by atoms with Crippen molar-refractivity contribution in [1.29, 1.82) is 0 Å². The van der Waals surface area contributed by atoms with E-state index in [1.807, 2.05) is 36.4 Å². The maximum Gasteiger partial charge on any atom is 0.0659 e. The summed E-state index contributed by atoms with van der Waals surface area (Å²) in [6, 6.07) is 20.6. The van der Waals surface area contributed by atoms with E-state index >= 15 is 0 Å². The van der Waals surface area contributed by atoms with Crippen molar-refractivity contribution in [2.45, 2.75) is 26.3 Å². The minimum absolute atomic E-state index is 0.0869. The number of hydrogen-bond donors (Lipinski definition) is 0. The van der Waals surface area contributed by atoms with E-state index in [2.05, 4.69) is 51.1 Å². The van der Waals surface area contributed by atoms with Crippen molar-refractivity contribution in [2.24, 2.45) is 0 Å². The first-order chi connectivity index (χ1) is 9.04. The van der Waals surface area contributed by atoms with Crippen molar-refractivity contribution in [3.8, 4) is 0 Å². The minimum atomic E-state index is -0.0869. The number of hydrogen-bond acceptors (Lipinski definition) is 0. The smallest absolute Gasteiger partial charge is 0.0659 e. The van der Waals surface area contributed by atoms with Crippen LogP contribution in [0.3, 0.4) is 0 Å². The van der Waals surface area contributed by atoms with E-state index in [1.54, 1.807) is 0 Å². The van der Waals surface area contributed by atoms with Gasteiger partial charge in [-0.15, -0.1) is 0 Å². The van der Waals surface area contributed by atoms with Crippen LogP contribution in [0.25, 0.3) is 11.8 Å². The Balaban J connectivity index is 2.38. The highest BCUT2D eigenvalue weighted by atomic mass is 15.0. The molecule has 0 aliphatic rings. The maximum absolute atomic E-state index is 4.84. The zero-order valence-corrected chi connectivity index (χ0v) is 11.8. The predicted molar refractivity (Wildman–Crippen MR) is 82.6 cm³/mol. The Hall–Kier alpha value is -2.02. The summed E-state index contributed by atoms with van der Waals surface area (Å²) in [6.07, 6.45) is 2.14. The second-order valence-electron chi connectivity index (χ2n) is 5.59. The fourth-order valence-electron chi connectivity index (χ4n) is 1.86. The van der Waals surface area contributed by atoms with Gasteiger partial charge >= 0.3 is 0 Å². The molecule has 0 N–H and O–H groups in total. The minimum Gasteiger partial charge on any atom is -0.279 e. The summed E-state index contributed by atoms with van der Waals surface area (Å²) < 4.78 is 0. The van der Waals surface area contributed by atoms with Crippen LogP contribution >= 0.6 is 0 Å². The molecule has 2 aromatic rings. The second-order valence-corrected chi connectivity index (χ2v) is 5.59. The fourth-order valence-corrected chi connectivity index (χ4v) is 1.86. The van der Waals surface area contributed by atoms with Gasteiger partial charge in [0.05, 0.1) is 11.2 Å². The van der Waals surface area contributed by atoms with Gasteiger partial charge in [0.15, 0.2) is 0 Å². The Kier molecular flexibility index (Phi) is 4.06. The quantitative estimate of drug-likeness (QED) is 0.707. The molecule has 97 valence electrons. The molecule has 19 heavy (non-hydrogen) atoms. The standard InChI is InChI=1S/C18H20N/c1-18(2,3)19-17(16-12-8-5-9-13-16)14-15-10-6-4-7-11-15/h4-14H,1-3H3/b17-14+. The lowest BCUT2D eigenvalue weighted by atomic mass is 10.0. The lowest BCUT2D eigenvalue weighted by Crippen LogP contribution is -2.27. The van der Waals surface area contributed by atoms with Crippen molar-refractivity contribution < 1.29 is 0 Å². The molecule has 0 aliphatic heterocycles. The van der Waals surface area contributed by atoms with E-state index < -0.39 is 0 Å². The lowest BCUT2D eigenvalue weighted by molar-refractivity contribution is 0.493. The van der Waals surface area contributed by atoms with Crippen LogP contribution in [-0.2, 0) is 0 Å². The van der Waals surface area contributed by atoms with Crippen LogP contribution in [0.15, 0.2) is 60.7 Å². The maximum atomic E-state index is 4.84. The summed E-state index contributed by atoms with van der Waals surface area (Å²) >= 11 is 0. The molecule has 0 saturated heterocycles. The van der Waals surface area contributed by atoms with Gasteiger partial charge < -0.3 is 0 Å². The lowest BCUT2D eigenvalue weighted by Gasteiger charge is -2.21. The molecule has 0 spiro atoms. The molecule has 0 amide bonds. The Morgan fingerprint density at radius 3 is 1.89 bits per heavy atom. The first kappa shape index (κ1) is 13.4. The topological polar surface area (TPSA) is 14.1 Å². The fraction of sp³-hybridized carbons (Fsp3) is 0.222. The third kappa shape index (κ3) is 4.29. The molecule has 2 aromatic carbocycles. The number of nitrogens with zero attached hydrogens (tertiary/aromatic N) is 1. The second kappa shape index (κ2) is 5.75. The monoisotopic (exact) mass is 250 g/mol. The average molecular weight is 250 g/mol. The largest absolute Gasteiger partial charge is 0.279 e. The van der Waals surface area contributed by atoms with Crippen LogP contribution < -0.4 is 5.32 Å². The molecule has 0 aromatic heterocycles. The predicted octanol–water partition coefficient (Wildman–Crippen LogP) is 4.59. The molecule has 1 radical (unpaired) electrons. The van der Waals surface area contributed by atoms with Gasteiger partial charge in [0.2, 0.25) is 0 Å². The molecule has 0 bridgehead atoms. The Labute approximate surface area is 116 Å². The molecule has 0 fully saturated rings. The zero-order chi connectivity index (χ0) is 13.7. The summed E-state index contributed by atoms with van der Waals surface area (Å²) in [5.41, 5.74) is 3.27. The SMILES string of the molecule is CC(C)(C)[N]/C(=C/c1ccccc1)c1ccccc1. The Morgan fingerprint density at radius 1 is 0.842 bits per heavy atom. The van der Waals surface area contributed by atoms with E-state index in [4.69, 9.17) is 5.32 Å². The van der Waals surface area contributed by atoms with Gasteiger partial charge in [-0.1, -0.05) is 60.7 Å². The summed E-state index contributed by atoms with van der Waals surface area (Å²) in [5, 5.41) is 4.84. The van der Waals surface area contributed by atoms with Crippen LogP contribution in [0.2, 0.25) is 0 Å². The van der Waals surface area contributed by atoms with E-state index in [-0.39, 0.29) is 5.54 Å². The normalized spacial score (nSPS) is 12.3. The molecule has 2 rings (SSSR count). The van der Waals surface area contributed by atoms with E-state index in [0.717, 1.165) is 11.3 Å². The van der Waals surface area contributed by atoms with Gasteiger partial charge in [-0.25, -0.2) is 0 Å². The number of rotatable bonds is 3. The van der Waals surface area contributed by atoms with Crippen LogP contribution in [0.5, 0.6) is 0 Å². The van der Waals surface area contributed by atoms with Crippen molar-refractivity contribution in [1.82, 2.24) is 5.32 Å². The third-order valence-electron chi connectivity index (χ3n) is 2.63. The molecular formula is C18H20N. The van der Waals surface area contributed by atoms with Gasteiger partial charge in [0.25, 0.3) is 0 Å². The molecule has 0 aliphatic carbocycles. The summed E-state index contributed by atoms with van der Waals surface area (Å²) in [5.74, 6) is 0. The molecule has 0 unspecified atom stereocenters. The highest BCUT2D eigenvalue weighted by Crippen LogP contribution is 2.20. The molecule has 0 saturated carbocycles. The van der Waals surface area contributed by atoms with E-state index in [1.165, 1.54) is 5.56 Å². The highest BCUT2D eigenvalue weighted by molar-refractivity contribution is 5.80. The molecule has 0 atom stereocenters. The van der Waals surface area contributed by atoms with Gasteiger partial charge in [-0.05, 0) is 38.0 Å². The van der Waals surface area contributed by atoms with Crippen LogP contribution in [0.4, 0.5) is 0 Å². The van der Waals surface area contributed by atoms with Crippen LogP contribution in [-0.4, -0.2) is 5.54 Å². The van der Waals surface area contributed by atoms with E-state index in [0.29, 0.717) is 0 Å². The zero-order valence-electron chi connectivity index (χ0n) is 11.8. The number of benzene rings is 2. The van der Waals surface area contributed by atoms with Gasteiger partial charge in [0.1, 0.15) is 0 Å². The first-order valence-corrected chi connectivity index (χ1v) is 6.60. The van der Waals surface area contributed by atoms with Crippen molar-refractivity contribution in [2.75, 3.05) is 0 Å². The third-order valence-corrected chi connectivity index (χ3v) is 2.63. The summed E-state index contributed by atoms with van der Waals surface area (Å²) in [4.78, 5) is 0. The van der Waals surface area contributed by atoms with E-state index in [9.17, 15) is 0 Å². The van der Waals surface area contributed by atoms with Gasteiger partial charge in [-0.3, -0.25) is 5.32 Å². The Morgan fingerprint density at radius 2 is 1.37 bits per heavy atom. The van der Waals surface area contributed by atoms with Crippen molar-refractivity contribution in [3.05, 3.63) is 71.8 Å². The molecule has 0 heterocycles. The summed E-state index contributed by atoms with van der Waals surface area (Å²) in [7, 11) is 0. The van der Waals surface area contributed by atoms with Crippen molar-refractivity contribution >= 4 is 11.8 Å². The molecular weight excluding hydrogens is 230 g/mol. The Bertz CT molecular complexity index is 533. The molecule has 1 heteroatoms. The summed E-state index contributed by atoms with van der Waals surface area (Å²) in [6.45, 7) is 6.36.